The molecule has 1 fully saturated rings. The molecule has 1 heterocycles. The molecule has 4 nitrogen and oxygen atoms in total. The summed E-state index contributed by atoms with van der Waals surface area (Å²) >= 11 is 3.57. The average Bonchev–Trinajstić information content (AvgIpc) is 3.27. The van der Waals surface area contributed by atoms with Gasteiger partial charge in [0.15, 0.2) is 0 Å². The van der Waals surface area contributed by atoms with Crippen LogP contribution in [0.15, 0.2) is 51.9 Å². The van der Waals surface area contributed by atoms with E-state index in [4.69, 9.17) is 0 Å². The molecule has 1 aliphatic carbocycles. The Morgan fingerprint density at radius 3 is 2.67 bits per heavy atom. The first-order chi connectivity index (χ1) is 10.1. The van der Waals surface area contributed by atoms with Gasteiger partial charge in [0.05, 0.1) is 0 Å². The summed E-state index contributed by atoms with van der Waals surface area (Å²) in [6.07, 6.45) is 3.60. The number of aromatic nitrogens is 1. The van der Waals surface area contributed by atoms with Crippen LogP contribution in [0.5, 0.6) is 0 Å². The van der Waals surface area contributed by atoms with Gasteiger partial charge in [-0.05, 0) is 36.6 Å². The number of amides is 1. The lowest BCUT2D eigenvalue weighted by atomic mass is 9.96. The SMILES string of the molecule is O=C(NCC1(c2ccccc2Br)CC1)c1ccc[nH]c1=O. The summed E-state index contributed by atoms with van der Waals surface area (Å²) in [5.74, 6) is -0.324. The Kier molecular flexibility index (Phi) is 3.68. The zero-order valence-electron chi connectivity index (χ0n) is 11.4. The van der Waals surface area contributed by atoms with Crippen LogP contribution in [0.1, 0.15) is 28.8 Å². The summed E-state index contributed by atoms with van der Waals surface area (Å²) < 4.78 is 1.06. The van der Waals surface area contributed by atoms with E-state index in [-0.39, 0.29) is 22.4 Å². The van der Waals surface area contributed by atoms with Crippen LogP contribution in [-0.2, 0) is 5.41 Å². The number of carbonyl (C=O) groups excluding carboxylic acids is 1. The molecule has 1 aromatic carbocycles. The third-order valence-corrected chi connectivity index (χ3v) is 4.64. The molecule has 1 amide bonds. The van der Waals surface area contributed by atoms with Gasteiger partial charge in [0.2, 0.25) is 0 Å². The molecule has 2 aromatic rings. The first kappa shape index (κ1) is 14.1. The Morgan fingerprint density at radius 2 is 2.00 bits per heavy atom. The lowest BCUT2D eigenvalue weighted by Crippen LogP contribution is -2.35. The Hall–Kier alpha value is -1.88. The number of hydrogen-bond donors (Lipinski definition) is 2. The Labute approximate surface area is 130 Å². The van der Waals surface area contributed by atoms with E-state index >= 15 is 0 Å². The van der Waals surface area contributed by atoms with Crippen molar-refractivity contribution in [1.82, 2.24) is 10.3 Å². The molecular weight excluding hydrogens is 332 g/mol. The number of halogens is 1. The first-order valence-electron chi connectivity index (χ1n) is 6.83. The smallest absolute Gasteiger partial charge is 0.260 e. The van der Waals surface area contributed by atoms with Crippen molar-refractivity contribution in [3.63, 3.8) is 0 Å². The van der Waals surface area contributed by atoms with E-state index in [1.165, 1.54) is 17.8 Å². The molecule has 1 aliphatic rings. The van der Waals surface area contributed by atoms with Crippen molar-refractivity contribution < 1.29 is 4.79 Å². The molecule has 0 unspecified atom stereocenters. The summed E-state index contributed by atoms with van der Waals surface area (Å²) in [6.45, 7) is 0.544. The standard InChI is InChI=1S/C16H15BrN2O2/c17-13-6-2-1-5-12(13)16(7-8-16)10-19-15(21)11-4-3-9-18-14(11)20/h1-6,9H,7-8,10H2,(H,18,20)(H,19,21). The molecule has 0 spiro atoms. The van der Waals surface area contributed by atoms with E-state index in [1.54, 1.807) is 6.07 Å². The maximum atomic E-state index is 12.1. The summed E-state index contributed by atoms with van der Waals surface area (Å²) in [4.78, 5) is 26.2. The van der Waals surface area contributed by atoms with Gasteiger partial charge in [-0.25, -0.2) is 0 Å². The number of nitrogens with one attached hydrogen (secondary N) is 2. The van der Waals surface area contributed by atoms with Crippen molar-refractivity contribution in [2.75, 3.05) is 6.54 Å². The lowest BCUT2D eigenvalue weighted by molar-refractivity contribution is 0.0948. The van der Waals surface area contributed by atoms with Crippen molar-refractivity contribution in [3.05, 3.63) is 68.5 Å². The fraction of sp³-hybridized carbons (Fsp3) is 0.250. The minimum Gasteiger partial charge on any atom is -0.351 e. The number of pyridine rings is 1. The molecule has 0 radical (unpaired) electrons. The van der Waals surface area contributed by atoms with Crippen molar-refractivity contribution in [2.24, 2.45) is 0 Å². The van der Waals surface area contributed by atoms with Crippen molar-refractivity contribution in [2.45, 2.75) is 18.3 Å². The largest absolute Gasteiger partial charge is 0.351 e. The number of H-pyrrole nitrogens is 1. The summed E-state index contributed by atoms with van der Waals surface area (Å²) in [6, 6.07) is 11.3. The van der Waals surface area contributed by atoms with Gasteiger partial charge in [0.25, 0.3) is 11.5 Å². The fourth-order valence-electron chi connectivity index (χ4n) is 2.53. The zero-order chi connectivity index (χ0) is 14.9. The van der Waals surface area contributed by atoms with E-state index in [0.29, 0.717) is 6.54 Å². The van der Waals surface area contributed by atoms with Gasteiger partial charge in [-0.15, -0.1) is 0 Å². The molecule has 2 N–H and O–H groups in total. The monoisotopic (exact) mass is 346 g/mol. The average molecular weight is 347 g/mol. The molecular formula is C16H15BrN2O2. The molecule has 3 rings (SSSR count). The number of rotatable bonds is 4. The second-order valence-corrected chi connectivity index (χ2v) is 6.21. The lowest BCUT2D eigenvalue weighted by Gasteiger charge is -2.18. The van der Waals surface area contributed by atoms with E-state index in [9.17, 15) is 9.59 Å². The number of aromatic amines is 1. The molecule has 1 saturated carbocycles. The Morgan fingerprint density at radius 1 is 1.24 bits per heavy atom. The third-order valence-electron chi connectivity index (χ3n) is 3.95. The van der Waals surface area contributed by atoms with Crippen LogP contribution in [0.25, 0.3) is 0 Å². The van der Waals surface area contributed by atoms with Crippen molar-refractivity contribution in [1.29, 1.82) is 0 Å². The molecule has 108 valence electrons. The van der Waals surface area contributed by atoms with E-state index in [0.717, 1.165) is 17.3 Å². The molecule has 5 heteroatoms. The van der Waals surface area contributed by atoms with Crippen LogP contribution in [0.3, 0.4) is 0 Å². The maximum absolute atomic E-state index is 12.1. The summed E-state index contributed by atoms with van der Waals surface area (Å²) in [7, 11) is 0. The zero-order valence-corrected chi connectivity index (χ0v) is 12.9. The molecule has 0 aliphatic heterocycles. The van der Waals surface area contributed by atoms with Gasteiger partial charge in [0, 0.05) is 22.6 Å². The maximum Gasteiger partial charge on any atom is 0.260 e. The van der Waals surface area contributed by atoms with Crippen molar-refractivity contribution >= 4 is 21.8 Å². The quantitative estimate of drug-likeness (QED) is 0.893. The number of benzene rings is 1. The van der Waals surface area contributed by atoms with Gasteiger partial charge >= 0.3 is 0 Å². The second kappa shape index (κ2) is 5.48. The predicted molar refractivity (Wildman–Crippen MR) is 84.4 cm³/mol. The Bertz CT molecular complexity index is 735. The Balaban J connectivity index is 1.74. The van der Waals surface area contributed by atoms with Gasteiger partial charge in [0.1, 0.15) is 5.56 Å². The highest BCUT2D eigenvalue weighted by atomic mass is 79.9. The number of hydrogen-bond acceptors (Lipinski definition) is 2. The van der Waals surface area contributed by atoms with Gasteiger partial charge in [-0.1, -0.05) is 34.1 Å². The predicted octanol–water partition coefficient (Wildman–Crippen LogP) is 2.60. The van der Waals surface area contributed by atoms with Crippen LogP contribution < -0.4 is 10.9 Å². The normalized spacial score (nSPS) is 15.5. The van der Waals surface area contributed by atoms with Gasteiger partial charge in [-0.3, -0.25) is 9.59 Å². The summed E-state index contributed by atoms with van der Waals surface area (Å²) in [5.41, 5.74) is 1.01. The first-order valence-corrected chi connectivity index (χ1v) is 7.63. The highest BCUT2D eigenvalue weighted by Crippen LogP contribution is 2.49. The van der Waals surface area contributed by atoms with E-state index in [1.807, 2.05) is 18.2 Å². The van der Waals surface area contributed by atoms with E-state index in [2.05, 4.69) is 32.3 Å². The van der Waals surface area contributed by atoms with Gasteiger partial charge in [-0.2, -0.15) is 0 Å². The summed E-state index contributed by atoms with van der Waals surface area (Å²) in [5, 5.41) is 2.89. The minimum absolute atomic E-state index is 0.00268. The van der Waals surface area contributed by atoms with Crippen LogP contribution in [0.2, 0.25) is 0 Å². The highest BCUT2D eigenvalue weighted by molar-refractivity contribution is 9.10. The second-order valence-electron chi connectivity index (χ2n) is 5.36. The van der Waals surface area contributed by atoms with Crippen LogP contribution >= 0.6 is 15.9 Å². The molecule has 0 bridgehead atoms. The van der Waals surface area contributed by atoms with Crippen LogP contribution in [0.4, 0.5) is 0 Å². The fourth-order valence-corrected chi connectivity index (χ4v) is 3.23. The van der Waals surface area contributed by atoms with E-state index < -0.39 is 0 Å². The minimum atomic E-state index is -0.360. The third kappa shape index (κ3) is 2.78. The van der Waals surface area contributed by atoms with Crippen molar-refractivity contribution in [3.8, 4) is 0 Å². The molecule has 1 aromatic heterocycles. The molecule has 21 heavy (non-hydrogen) atoms. The molecule has 0 atom stereocenters. The van der Waals surface area contributed by atoms with Gasteiger partial charge < -0.3 is 10.3 Å². The van der Waals surface area contributed by atoms with Crippen LogP contribution in [0, 0.1) is 0 Å². The topological polar surface area (TPSA) is 62.0 Å². The molecule has 0 saturated heterocycles. The van der Waals surface area contributed by atoms with Crippen LogP contribution in [-0.4, -0.2) is 17.4 Å². The highest BCUT2D eigenvalue weighted by Gasteiger charge is 2.45. The number of carbonyl (C=O) groups is 1.